The molecule has 0 saturated heterocycles. The van der Waals surface area contributed by atoms with Gasteiger partial charge in [-0.3, -0.25) is 9.59 Å². The molecule has 2 aromatic carbocycles. The predicted molar refractivity (Wildman–Crippen MR) is 118 cm³/mol. The summed E-state index contributed by atoms with van der Waals surface area (Å²) in [6.45, 7) is 0. The predicted octanol–water partition coefficient (Wildman–Crippen LogP) is 5.61. The normalized spacial score (nSPS) is 13.7. The van der Waals surface area contributed by atoms with Gasteiger partial charge < -0.3 is 5.32 Å². The van der Waals surface area contributed by atoms with Crippen LogP contribution < -0.4 is 5.32 Å². The molecular weight excluding hydrogens is 435 g/mol. The molecule has 1 aromatic heterocycles. The van der Waals surface area contributed by atoms with Gasteiger partial charge in [0, 0.05) is 18.9 Å². The van der Waals surface area contributed by atoms with Gasteiger partial charge in [0.05, 0.1) is 12.0 Å². The van der Waals surface area contributed by atoms with Crippen molar-refractivity contribution in [2.45, 2.75) is 44.3 Å². The molecule has 0 unspecified atom stereocenters. The number of carbonyl (C=O) groups is 2. The van der Waals surface area contributed by atoms with Gasteiger partial charge in [0.1, 0.15) is 5.78 Å². The van der Waals surface area contributed by atoms with Crippen molar-refractivity contribution in [3.05, 3.63) is 81.5 Å². The van der Waals surface area contributed by atoms with Crippen LogP contribution in [0.2, 0.25) is 0 Å². The lowest BCUT2D eigenvalue weighted by Crippen LogP contribution is -2.27. The first-order valence-corrected chi connectivity index (χ1v) is 11.3. The smallest absolute Gasteiger partial charge is 0.353 e. The molecule has 32 heavy (non-hydrogen) atoms. The summed E-state index contributed by atoms with van der Waals surface area (Å²) in [5.41, 5.74) is 3.04. The van der Waals surface area contributed by atoms with Gasteiger partial charge in [0.25, 0.3) is 0 Å². The number of hydrogen-bond acceptors (Lipinski definition) is 3. The van der Waals surface area contributed by atoms with E-state index in [1.54, 1.807) is 11.3 Å². The second-order valence-corrected chi connectivity index (χ2v) is 8.89. The fraction of sp³-hybridized carbons (Fsp3) is 0.280. The van der Waals surface area contributed by atoms with E-state index in [9.17, 15) is 22.8 Å². The maximum atomic E-state index is 13.0. The molecule has 1 N–H and O–H groups in total. The molecule has 1 aliphatic carbocycles. The Bertz CT molecular complexity index is 1120. The van der Waals surface area contributed by atoms with Crippen LogP contribution in [0.4, 0.5) is 13.2 Å². The van der Waals surface area contributed by atoms with Gasteiger partial charge in [-0.1, -0.05) is 36.4 Å². The van der Waals surface area contributed by atoms with Crippen molar-refractivity contribution in [2.24, 2.45) is 0 Å². The summed E-state index contributed by atoms with van der Waals surface area (Å²) < 4.78 is 38.9. The topological polar surface area (TPSA) is 46.2 Å². The summed E-state index contributed by atoms with van der Waals surface area (Å²) in [5.74, 6) is -0.225. The lowest BCUT2D eigenvalue weighted by atomic mass is 9.93. The number of Topliss-reactive ketones (excluding diaryl/α,β-unsaturated/α-hetero) is 1. The third-order valence-electron chi connectivity index (χ3n) is 5.35. The number of ketones is 1. The van der Waals surface area contributed by atoms with E-state index in [0.717, 1.165) is 47.2 Å². The molecule has 4 rings (SSSR count). The number of thiophene rings is 1. The van der Waals surface area contributed by atoms with Crippen LogP contribution in [0.15, 0.2) is 59.3 Å². The standard InChI is InChI=1S/C25H22F3NO2S/c26-25(27,28)20-3-1-2-16(11-20)12-22(30)14-19-10-17(13-24(31)29-21-5-6-21)4-7-23(19)18-8-9-32-15-18/h1-4,7-11,15,21H,5-6,12-14H2,(H,29,31). The average molecular weight is 458 g/mol. The minimum Gasteiger partial charge on any atom is -0.353 e. The van der Waals surface area contributed by atoms with Gasteiger partial charge in [-0.2, -0.15) is 24.5 Å². The highest BCUT2D eigenvalue weighted by Crippen LogP contribution is 2.30. The Morgan fingerprint density at radius 3 is 2.44 bits per heavy atom. The molecular formula is C25H22F3NO2S. The van der Waals surface area contributed by atoms with Crippen LogP contribution in [-0.4, -0.2) is 17.7 Å². The minimum absolute atomic E-state index is 0.0444. The van der Waals surface area contributed by atoms with Crippen LogP contribution in [0.25, 0.3) is 11.1 Å². The van der Waals surface area contributed by atoms with Crippen molar-refractivity contribution >= 4 is 23.0 Å². The Morgan fingerprint density at radius 2 is 1.75 bits per heavy atom. The first kappa shape index (κ1) is 22.3. The Morgan fingerprint density at radius 1 is 0.969 bits per heavy atom. The molecule has 1 heterocycles. The summed E-state index contributed by atoms with van der Waals surface area (Å²) in [6, 6.07) is 12.8. The van der Waals surface area contributed by atoms with Crippen molar-refractivity contribution in [3.8, 4) is 11.1 Å². The molecule has 3 aromatic rings. The van der Waals surface area contributed by atoms with Gasteiger partial charge in [-0.25, -0.2) is 0 Å². The van der Waals surface area contributed by atoms with E-state index in [1.165, 1.54) is 12.1 Å². The van der Waals surface area contributed by atoms with Crippen molar-refractivity contribution < 1.29 is 22.8 Å². The lowest BCUT2D eigenvalue weighted by Gasteiger charge is -2.12. The Labute approximate surface area is 188 Å². The van der Waals surface area contributed by atoms with Crippen molar-refractivity contribution in [1.29, 1.82) is 0 Å². The maximum Gasteiger partial charge on any atom is 0.416 e. The molecule has 3 nitrogen and oxygen atoms in total. The molecule has 0 bridgehead atoms. The van der Waals surface area contributed by atoms with Crippen LogP contribution in [0.5, 0.6) is 0 Å². The molecule has 1 aliphatic rings. The molecule has 0 aliphatic heterocycles. The maximum absolute atomic E-state index is 13.0. The Balaban J connectivity index is 1.53. The molecule has 166 valence electrons. The highest BCUT2D eigenvalue weighted by Gasteiger charge is 2.30. The van der Waals surface area contributed by atoms with E-state index in [0.29, 0.717) is 5.56 Å². The quantitative estimate of drug-likeness (QED) is 0.478. The SMILES string of the molecule is O=C(Cc1cccc(C(F)(F)F)c1)Cc1cc(CC(=O)NC2CC2)ccc1-c1ccsc1. The van der Waals surface area contributed by atoms with Gasteiger partial charge >= 0.3 is 6.18 Å². The number of benzene rings is 2. The first-order valence-electron chi connectivity index (χ1n) is 10.4. The second kappa shape index (κ2) is 9.28. The van der Waals surface area contributed by atoms with Crippen LogP contribution in [-0.2, 0) is 35.0 Å². The fourth-order valence-corrected chi connectivity index (χ4v) is 4.31. The monoisotopic (exact) mass is 457 g/mol. The van der Waals surface area contributed by atoms with Gasteiger partial charge in [0.15, 0.2) is 0 Å². The summed E-state index contributed by atoms with van der Waals surface area (Å²) in [7, 11) is 0. The number of rotatable bonds is 8. The largest absolute Gasteiger partial charge is 0.416 e. The van der Waals surface area contributed by atoms with Crippen LogP contribution in [0.1, 0.15) is 35.1 Å². The third-order valence-corrected chi connectivity index (χ3v) is 6.04. The average Bonchev–Trinajstić information content (AvgIpc) is 3.36. The van der Waals surface area contributed by atoms with E-state index in [4.69, 9.17) is 0 Å². The van der Waals surface area contributed by atoms with Crippen molar-refractivity contribution in [3.63, 3.8) is 0 Å². The molecule has 0 atom stereocenters. The van der Waals surface area contributed by atoms with Gasteiger partial charge in [-0.15, -0.1) is 0 Å². The zero-order chi connectivity index (χ0) is 22.7. The van der Waals surface area contributed by atoms with Gasteiger partial charge in [-0.05, 0) is 63.6 Å². The highest BCUT2D eigenvalue weighted by molar-refractivity contribution is 7.08. The summed E-state index contributed by atoms with van der Waals surface area (Å²) in [5, 5.41) is 6.89. The fourth-order valence-electron chi connectivity index (χ4n) is 3.65. The number of hydrogen-bond donors (Lipinski definition) is 1. The number of halogens is 3. The third kappa shape index (κ3) is 5.85. The highest BCUT2D eigenvalue weighted by atomic mass is 32.1. The van der Waals surface area contributed by atoms with Crippen molar-refractivity contribution in [1.82, 2.24) is 5.32 Å². The first-order chi connectivity index (χ1) is 15.3. The van der Waals surface area contributed by atoms with E-state index in [2.05, 4.69) is 5.32 Å². The summed E-state index contributed by atoms with van der Waals surface area (Å²) in [6.07, 6.45) is -2.19. The van der Waals surface area contributed by atoms with E-state index in [1.807, 2.05) is 35.0 Å². The van der Waals surface area contributed by atoms with Crippen LogP contribution in [0.3, 0.4) is 0 Å². The second-order valence-electron chi connectivity index (χ2n) is 8.11. The van der Waals surface area contributed by atoms with Crippen LogP contribution in [0, 0.1) is 0 Å². The van der Waals surface area contributed by atoms with E-state index in [-0.39, 0.29) is 37.0 Å². The molecule has 1 amide bonds. The molecule has 7 heteroatoms. The van der Waals surface area contributed by atoms with Gasteiger partial charge in [0.2, 0.25) is 5.91 Å². The molecule has 0 radical (unpaired) electrons. The lowest BCUT2D eigenvalue weighted by molar-refractivity contribution is -0.137. The molecule has 1 saturated carbocycles. The summed E-state index contributed by atoms with van der Waals surface area (Å²) in [4.78, 5) is 25.0. The van der Waals surface area contributed by atoms with Crippen LogP contribution >= 0.6 is 11.3 Å². The van der Waals surface area contributed by atoms with Crippen molar-refractivity contribution in [2.75, 3.05) is 0 Å². The number of nitrogens with one attached hydrogen (secondary N) is 1. The number of amides is 1. The van der Waals surface area contributed by atoms with E-state index >= 15 is 0 Å². The zero-order valence-corrected chi connectivity index (χ0v) is 18.1. The molecule has 0 spiro atoms. The molecule has 1 fully saturated rings. The Kier molecular flexibility index (Phi) is 6.46. The minimum atomic E-state index is -4.44. The summed E-state index contributed by atoms with van der Waals surface area (Å²) >= 11 is 1.54. The van der Waals surface area contributed by atoms with E-state index < -0.39 is 11.7 Å². The zero-order valence-electron chi connectivity index (χ0n) is 17.2. The Hall–Kier alpha value is -2.93. The number of carbonyl (C=O) groups excluding carboxylic acids is 2. The number of alkyl halides is 3.